The minimum Gasteiger partial charge on any atom is -0.322 e. The Morgan fingerprint density at radius 1 is 0.960 bits per heavy atom. The summed E-state index contributed by atoms with van der Waals surface area (Å²) in [6.45, 7) is 7.42. The van der Waals surface area contributed by atoms with Crippen LogP contribution in [0.3, 0.4) is 0 Å². The first-order valence-corrected chi connectivity index (χ1v) is 9.40. The van der Waals surface area contributed by atoms with Gasteiger partial charge in [-0.2, -0.15) is 0 Å². The van der Waals surface area contributed by atoms with Gasteiger partial charge in [0.2, 0.25) is 10.0 Å². The van der Waals surface area contributed by atoms with Crippen molar-refractivity contribution in [1.29, 1.82) is 0 Å². The van der Waals surface area contributed by atoms with Gasteiger partial charge >= 0.3 is 0 Å². The second-order valence-corrected chi connectivity index (χ2v) is 8.60. The fourth-order valence-corrected chi connectivity index (χ4v) is 3.70. The van der Waals surface area contributed by atoms with Crippen LogP contribution in [0.2, 0.25) is 0 Å². The lowest BCUT2D eigenvalue weighted by atomic mass is 10.1. The van der Waals surface area contributed by atoms with Crippen LogP contribution in [0.1, 0.15) is 32.6 Å². The number of anilines is 1. The number of aryl methyl sites for hydroxylation is 3. The van der Waals surface area contributed by atoms with Crippen molar-refractivity contribution in [2.45, 2.75) is 32.6 Å². The summed E-state index contributed by atoms with van der Waals surface area (Å²) in [5, 5.41) is 2.87. The molecule has 2 rings (SSSR count). The third kappa shape index (κ3) is 3.91. The second-order valence-electron chi connectivity index (χ2n) is 6.48. The fraction of sp³-hybridized carbons (Fsp3) is 0.316. The average Bonchev–Trinajstić information content (AvgIpc) is 2.52. The van der Waals surface area contributed by atoms with Crippen LogP contribution in [-0.4, -0.2) is 32.7 Å². The van der Waals surface area contributed by atoms with Gasteiger partial charge in [-0.15, -0.1) is 0 Å². The highest BCUT2D eigenvalue weighted by molar-refractivity contribution is 7.89. The van der Waals surface area contributed by atoms with E-state index in [-0.39, 0.29) is 10.8 Å². The summed E-state index contributed by atoms with van der Waals surface area (Å²) >= 11 is 0. The molecule has 0 saturated heterocycles. The van der Waals surface area contributed by atoms with E-state index in [0.29, 0.717) is 11.1 Å². The summed E-state index contributed by atoms with van der Waals surface area (Å²) in [7, 11) is -0.662. The van der Waals surface area contributed by atoms with Gasteiger partial charge in [0, 0.05) is 25.3 Å². The number of hydrogen-bond donors (Lipinski definition) is 1. The number of benzene rings is 2. The highest BCUT2D eigenvalue weighted by Crippen LogP contribution is 2.24. The number of nitrogens with one attached hydrogen (secondary N) is 1. The molecule has 0 aliphatic heterocycles. The van der Waals surface area contributed by atoms with E-state index >= 15 is 0 Å². The molecule has 0 aromatic heterocycles. The molecule has 25 heavy (non-hydrogen) atoms. The van der Waals surface area contributed by atoms with Crippen LogP contribution in [-0.2, 0) is 10.0 Å². The maximum Gasteiger partial charge on any atom is 0.255 e. The predicted octanol–water partition coefficient (Wildman–Crippen LogP) is 3.42. The molecular formula is C19H24N2O3S. The van der Waals surface area contributed by atoms with E-state index in [1.807, 2.05) is 32.0 Å². The van der Waals surface area contributed by atoms with E-state index in [2.05, 4.69) is 5.32 Å². The van der Waals surface area contributed by atoms with E-state index in [0.717, 1.165) is 26.7 Å². The molecule has 0 aliphatic rings. The van der Waals surface area contributed by atoms with E-state index in [1.54, 1.807) is 19.9 Å². The predicted molar refractivity (Wildman–Crippen MR) is 101 cm³/mol. The van der Waals surface area contributed by atoms with Gasteiger partial charge < -0.3 is 5.32 Å². The van der Waals surface area contributed by atoms with Gasteiger partial charge in [0.1, 0.15) is 0 Å². The van der Waals surface area contributed by atoms with Crippen molar-refractivity contribution in [1.82, 2.24) is 4.31 Å². The Bertz CT molecular complexity index is 932. The minimum absolute atomic E-state index is 0.156. The van der Waals surface area contributed by atoms with Crippen molar-refractivity contribution in [2.75, 3.05) is 19.4 Å². The number of rotatable bonds is 4. The topological polar surface area (TPSA) is 66.5 Å². The lowest BCUT2D eigenvalue weighted by Gasteiger charge is -2.17. The molecule has 2 aromatic rings. The third-order valence-electron chi connectivity index (χ3n) is 4.28. The maximum absolute atomic E-state index is 12.7. The Labute approximate surface area is 149 Å². The zero-order chi connectivity index (χ0) is 18.9. The van der Waals surface area contributed by atoms with Crippen molar-refractivity contribution in [3.63, 3.8) is 0 Å². The monoisotopic (exact) mass is 360 g/mol. The average molecular weight is 360 g/mol. The van der Waals surface area contributed by atoms with Crippen LogP contribution >= 0.6 is 0 Å². The summed E-state index contributed by atoms with van der Waals surface area (Å²) < 4.78 is 26.2. The summed E-state index contributed by atoms with van der Waals surface area (Å²) in [6, 6.07) is 8.96. The zero-order valence-electron chi connectivity index (χ0n) is 15.5. The molecule has 0 heterocycles. The zero-order valence-corrected chi connectivity index (χ0v) is 16.3. The van der Waals surface area contributed by atoms with Crippen LogP contribution in [0.5, 0.6) is 0 Å². The Morgan fingerprint density at radius 2 is 1.60 bits per heavy atom. The first-order valence-electron chi connectivity index (χ1n) is 7.96. The number of hydrogen-bond acceptors (Lipinski definition) is 3. The summed E-state index contributed by atoms with van der Waals surface area (Å²) in [4.78, 5) is 12.8. The summed E-state index contributed by atoms with van der Waals surface area (Å²) in [6.07, 6.45) is 0. The molecule has 1 amide bonds. The quantitative estimate of drug-likeness (QED) is 0.908. The molecule has 0 atom stereocenters. The number of amides is 1. The standard InChI is InChI=1S/C19H24N2O3S/c1-12-7-8-13(2)17(9-12)20-19(22)16-10-14(3)15(4)18(11-16)25(23,24)21(5)6/h7-11H,1-6H3,(H,20,22). The van der Waals surface area contributed by atoms with Gasteiger partial charge in [-0.25, -0.2) is 12.7 Å². The SMILES string of the molecule is Cc1ccc(C)c(NC(=O)c2cc(C)c(C)c(S(=O)(=O)N(C)C)c2)c1. The fourth-order valence-electron chi connectivity index (χ4n) is 2.49. The molecule has 0 saturated carbocycles. The molecule has 134 valence electrons. The molecule has 5 nitrogen and oxygen atoms in total. The molecule has 0 spiro atoms. The first-order chi connectivity index (χ1) is 11.5. The van der Waals surface area contributed by atoms with Crippen molar-refractivity contribution >= 4 is 21.6 Å². The minimum atomic E-state index is -3.62. The molecule has 6 heteroatoms. The third-order valence-corrected chi connectivity index (χ3v) is 6.22. The van der Waals surface area contributed by atoms with Gasteiger partial charge in [0.05, 0.1) is 4.90 Å². The summed E-state index contributed by atoms with van der Waals surface area (Å²) in [5.74, 6) is -0.327. The Hall–Kier alpha value is -2.18. The second kappa shape index (κ2) is 6.98. The molecule has 0 bridgehead atoms. The highest BCUT2D eigenvalue weighted by Gasteiger charge is 2.23. The van der Waals surface area contributed by atoms with E-state index < -0.39 is 10.0 Å². The smallest absolute Gasteiger partial charge is 0.255 e. The number of carbonyl (C=O) groups excluding carboxylic acids is 1. The van der Waals surface area contributed by atoms with Crippen molar-refractivity contribution in [3.05, 3.63) is 58.1 Å². The first kappa shape index (κ1) is 19.1. The van der Waals surface area contributed by atoms with Crippen molar-refractivity contribution in [2.24, 2.45) is 0 Å². The van der Waals surface area contributed by atoms with Gasteiger partial charge in [0.25, 0.3) is 5.91 Å². The van der Waals surface area contributed by atoms with E-state index in [4.69, 9.17) is 0 Å². The molecule has 0 fully saturated rings. The van der Waals surface area contributed by atoms with E-state index in [1.165, 1.54) is 20.2 Å². The van der Waals surface area contributed by atoms with Gasteiger partial charge in [0.15, 0.2) is 0 Å². The molecule has 0 radical (unpaired) electrons. The molecule has 0 unspecified atom stereocenters. The van der Waals surface area contributed by atoms with Crippen molar-refractivity contribution in [3.8, 4) is 0 Å². The molecule has 1 N–H and O–H groups in total. The van der Waals surface area contributed by atoms with Crippen LogP contribution in [0, 0.1) is 27.7 Å². The molecule has 2 aromatic carbocycles. The van der Waals surface area contributed by atoms with Gasteiger partial charge in [-0.3, -0.25) is 4.79 Å². The van der Waals surface area contributed by atoms with Crippen molar-refractivity contribution < 1.29 is 13.2 Å². The maximum atomic E-state index is 12.7. The lowest BCUT2D eigenvalue weighted by Crippen LogP contribution is -2.24. The largest absolute Gasteiger partial charge is 0.322 e. The number of sulfonamides is 1. The van der Waals surface area contributed by atoms with Crippen LogP contribution < -0.4 is 5.32 Å². The number of nitrogens with zero attached hydrogens (tertiary/aromatic N) is 1. The molecular weight excluding hydrogens is 336 g/mol. The van der Waals surface area contributed by atoms with Gasteiger partial charge in [-0.1, -0.05) is 12.1 Å². The summed E-state index contributed by atoms with van der Waals surface area (Å²) in [5.41, 5.74) is 4.44. The normalized spacial score (nSPS) is 11.6. The van der Waals surface area contributed by atoms with Crippen LogP contribution in [0.4, 0.5) is 5.69 Å². The number of carbonyl (C=O) groups is 1. The molecule has 0 aliphatic carbocycles. The van der Waals surface area contributed by atoms with Crippen LogP contribution in [0.25, 0.3) is 0 Å². The Balaban J connectivity index is 2.48. The highest BCUT2D eigenvalue weighted by atomic mass is 32.2. The van der Waals surface area contributed by atoms with Gasteiger partial charge in [-0.05, 0) is 68.1 Å². The van der Waals surface area contributed by atoms with E-state index in [9.17, 15) is 13.2 Å². The lowest BCUT2D eigenvalue weighted by molar-refractivity contribution is 0.102. The Kier molecular flexibility index (Phi) is 5.34. The van der Waals surface area contributed by atoms with Crippen LogP contribution in [0.15, 0.2) is 35.2 Å². The Morgan fingerprint density at radius 3 is 2.20 bits per heavy atom.